The van der Waals surface area contributed by atoms with Gasteiger partial charge in [0.15, 0.2) is 0 Å². The van der Waals surface area contributed by atoms with Gasteiger partial charge in [-0.1, -0.05) is 48.5 Å². The van der Waals surface area contributed by atoms with Gasteiger partial charge in [0.25, 0.3) is 5.91 Å². The molecule has 0 radical (unpaired) electrons. The van der Waals surface area contributed by atoms with Crippen molar-refractivity contribution in [3.8, 4) is 0 Å². The highest BCUT2D eigenvalue weighted by Crippen LogP contribution is 2.37. The van der Waals surface area contributed by atoms with Gasteiger partial charge in [-0.25, -0.2) is 4.98 Å². The topological polar surface area (TPSA) is 45.2 Å². The number of hydrogen-bond donors (Lipinski definition) is 1. The molecule has 0 saturated carbocycles. The van der Waals surface area contributed by atoms with Crippen LogP contribution in [0.3, 0.4) is 0 Å². The summed E-state index contributed by atoms with van der Waals surface area (Å²) in [5, 5.41) is 2.95. The van der Waals surface area contributed by atoms with Crippen LogP contribution in [-0.2, 0) is 12.8 Å². The first-order valence-corrected chi connectivity index (χ1v) is 9.37. The summed E-state index contributed by atoms with van der Waals surface area (Å²) in [5.74, 6) is -0.132. The molecule has 0 spiro atoms. The van der Waals surface area contributed by atoms with E-state index in [2.05, 4.69) is 58.5 Å². The number of benzene rings is 2. The average Bonchev–Trinajstić information content (AvgIpc) is 3.04. The smallest absolute Gasteiger partial charge is 0.269 e. The summed E-state index contributed by atoms with van der Waals surface area (Å²) in [5.41, 5.74) is 5.27. The second-order valence-corrected chi connectivity index (χ2v) is 6.94. The summed E-state index contributed by atoms with van der Waals surface area (Å²) >= 11 is 0. The maximum atomic E-state index is 12.3. The minimum Gasteiger partial charge on any atom is -0.350 e. The van der Waals surface area contributed by atoms with Crippen molar-refractivity contribution >= 4 is 17.3 Å². The average molecular weight is 357 g/mol. The molecule has 1 aliphatic rings. The van der Waals surface area contributed by atoms with Crippen LogP contribution in [0.1, 0.15) is 28.5 Å². The van der Waals surface area contributed by atoms with Crippen molar-refractivity contribution in [1.82, 2.24) is 10.3 Å². The molecule has 2 aromatic carbocycles. The number of rotatable bonds is 5. The van der Waals surface area contributed by atoms with Crippen molar-refractivity contribution in [3.63, 3.8) is 0 Å². The summed E-state index contributed by atoms with van der Waals surface area (Å²) in [7, 11) is 0. The predicted molar refractivity (Wildman–Crippen MR) is 108 cm³/mol. The molecule has 1 N–H and O–H groups in total. The number of nitrogens with zero attached hydrogens (tertiary/aromatic N) is 2. The van der Waals surface area contributed by atoms with Crippen LogP contribution in [-0.4, -0.2) is 23.5 Å². The Morgan fingerprint density at radius 3 is 2.63 bits per heavy atom. The van der Waals surface area contributed by atoms with E-state index in [1.807, 2.05) is 24.3 Å². The van der Waals surface area contributed by atoms with Gasteiger partial charge in [0, 0.05) is 18.3 Å². The number of amides is 1. The molecule has 2 heterocycles. The van der Waals surface area contributed by atoms with Gasteiger partial charge >= 0.3 is 0 Å². The zero-order valence-corrected chi connectivity index (χ0v) is 15.4. The second-order valence-electron chi connectivity index (χ2n) is 6.94. The van der Waals surface area contributed by atoms with E-state index < -0.39 is 0 Å². The number of pyridine rings is 1. The van der Waals surface area contributed by atoms with Crippen LogP contribution >= 0.6 is 0 Å². The lowest BCUT2D eigenvalue weighted by Crippen LogP contribution is -2.27. The minimum atomic E-state index is -0.132. The van der Waals surface area contributed by atoms with Crippen LogP contribution in [0.4, 0.5) is 11.4 Å². The van der Waals surface area contributed by atoms with E-state index in [-0.39, 0.29) is 5.91 Å². The lowest BCUT2D eigenvalue weighted by atomic mass is 10.1. The van der Waals surface area contributed by atoms with Gasteiger partial charge in [-0.15, -0.1) is 0 Å². The number of fused-ring (bicyclic) bond motifs is 1. The molecule has 1 aromatic heterocycles. The Hall–Kier alpha value is -3.14. The Bertz CT molecular complexity index is 922. The van der Waals surface area contributed by atoms with E-state index in [0.717, 1.165) is 18.5 Å². The lowest BCUT2D eigenvalue weighted by Gasteiger charge is -2.24. The van der Waals surface area contributed by atoms with Gasteiger partial charge < -0.3 is 10.2 Å². The number of anilines is 2. The summed E-state index contributed by atoms with van der Waals surface area (Å²) in [4.78, 5) is 19.0. The summed E-state index contributed by atoms with van der Waals surface area (Å²) in [6, 6.07) is 22.8. The molecule has 3 aromatic rings. The fourth-order valence-corrected chi connectivity index (χ4v) is 3.68. The van der Waals surface area contributed by atoms with E-state index in [9.17, 15) is 4.79 Å². The molecule has 1 atom stereocenters. The molecule has 4 nitrogen and oxygen atoms in total. The maximum absolute atomic E-state index is 12.3. The maximum Gasteiger partial charge on any atom is 0.269 e. The number of para-hydroxylation sites is 1. The molecule has 4 rings (SSSR count). The molecule has 1 aliphatic heterocycles. The first-order chi connectivity index (χ1) is 13.2. The van der Waals surface area contributed by atoms with Crippen molar-refractivity contribution in [3.05, 3.63) is 89.7 Å². The number of hydrogen-bond acceptors (Lipinski definition) is 3. The van der Waals surface area contributed by atoms with Crippen molar-refractivity contribution in [1.29, 1.82) is 0 Å². The van der Waals surface area contributed by atoms with Gasteiger partial charge in [0.05, 0.1) is 11.9 Å². The second kappa shape index (κ2) is 7.62. The molecule has 1 unspecified atom stereocenters. The number of aromatic nitrogens is 1. The summed E-state index contributed by atoms with van der Waals surface area (Å²) in [6.45, 7) is 2.81. The molecule has 0 saturated heterocycles. The van der Waals surface area contributed by atoms with Crippen LogP contribution in [0.5, 0.6) is 0 Å². The van der Waals surface area contributed by atoms with Gasteiger partial charge in [0.1, 0.15) is 5.69 Å². The Kier molecular flexibility index (Phi) is 4.88. The largest absolute Gasteiger partial charge is 0.350 e. The molecule has 4 heteroatoms. The molecule has 0 bridgehead atoms. The molecular formula is C23H23N3O. The molecule has 0 aliphatic carbocycles. The quantitative estimate of drug-likeness (QED) is 0.746. The monoisotopic (exact) mass is 357 g/mol. The first kappa shape index (κ1) is 17.3. The third kappa shape index (κ3) is 3.70. The Morgan fingerprint density at radius 2 is 1.85 bits per heavy atom. The molecule has 0 fully saturated rings. The van der Waals surface area contributed by atoms with Crippen LogP contribution < -0.4 is 10.2 Å². The Labute approximate surface area is 159 Å². The van der Waals surface area contributed by atoms with Crippen LogP contribution in [0.25, 0.3) is 0 Å². The van der Waals surface area contributed by atoms with E-state index in [1.54, 1.807) is 12.3 Å². The number of carbonyl (C=O) groups is 1. The predicted octanol–water partition coefficient (Wildman–Crippen LogP) is 4.14. The fourth-order valence-electron chi connectivity index (χ4n) is 3.68. The van der Waals surface area contributed by atoms with Crippen molar-refractivity contribution in [2.45, 2.75) is 25.8 Å². The number of carbonyl (C=O) groups excluding carboxylic acids is 1. The van der Waals surface area contributed by atoms with Crippen molar-refractivity contribution < 1.29 is 4.79 Å². The lowest BCUT2D eigenvalue weighted by molar-refractivity contribution is 0.0949. The Morgan fingerprint density at radius 1 is 1.07 bits per heavy atom. The summed E-state index contributed by atoms with van der Waals surface area (Å²) < 4.78 is 0. The highest BCUT2D eigenvalue weighted by molar-refractivity contribution is 5.92. The van der Waals surface area contributed by atoms with Crippen LogP contribution in [0.15, 0.2) is 72.9 Å². The summed E-state index contributed by atoms with van der Waals surface area (Å²) in [6.07, 6.45) is 3.63. The van der Waals surface area contributed by atoms with Crippen molar-refractivity contribution in [2.24, 2.45) is 0 Å². The molecule has 1 amide bonds. The third-order valence-corrected chi connectivity index (χ3v) is 5.01. The molecule has 27 heavy (non-hydrogen) atoms. The minimum absolute atomic E-state index is 0.132. The highest BCUT2D eigenvalue weighted by Gasteiger charge is 2.27. The standard InChI is InChI=1S/C23H23N3O/c1-17-15-19-9-5-6-10-22(19)26(17)20-11-12-21(25-16-20)23(27)24-14-13-18-7-3-2-4-8-18/h2-12,16-17H,13-15H2,1H3,(H,24,27). The zero-order valence-electron chi connectivity index (χ0n) is 15.4. The third-order valence-electron chi connectivity index (χ3n) is 5.01. The van der Waals surface area contributed by atoms with Crippen molar-refractivity contribution in [2.75, 3.05) is 11.4 Å². The zero-order chi connectivity index (χ0) is 18.6. The van der Waals surface area contributed by atoms with E-state index in [0.29, 0.717) is 18.3 Å². The Balaban J connectivity index is 1.41. The SMILES string of the molecule is CC1Cc2ccccc2N1c1ccc(C(=O)NCCc2ccccc2)nc1. The first-order valence-electron chi connectivity index (χ1n) is 9.37. The molecule has 136 valence electrons. The van der Waals surface area contributed by atoms with Crippen LogP contribution in [0, 0.1) is 0 Å². The van der Waals surface area contributed by atoms with E-state index >= 15 is 0 Å². The number of nitrogens with one attached hydrogen (secondary N) is 1. The van der Waals surface area contributed by atoms with E-state index in [1.165, 1.54) is 16.8 Å². The van der Waals surface area contributed by atoms with Gasteiger partial charge in [-0.2, -0.15) is 0 Å². The van der Waals surface area contributed by atoms with E-state index in [4.69, 9.17) is 0 Å². The van der Waals surface area contributed by atoms with Crippen LogP contribution in [0.2, 0.25) is 0 Å². The normalized spacial score (nSPS) is 15.4. The highest BCUT2D eigenvalue weighted by atomic mass is 16.1. The van der Waals surface area contributed by atoms with Gasteiger partial charge in [-0.3, -0.25) is 4.79 Å². The van der Waals surface area contributed by atoms with Gasteiger partial charge in [-0.05, 0) is 49.1 Å². The fraction of sp³-hybridized carbons (Fsp3) is 0.217. The van der Waals surface area contributed by atoms with Gasteiger partial charge in [0.2, 0.25) is 0 Å². The molecular weight excluding hydrogens is 334 g/mol.